The number of carbonyl (C=O) groups is 1. The molecule has 4 rings (SSSR count). The van der Waals surface area contributed by atoms with Gasteiger partial charge < -0.3 is 14.8 Å². The van der Waals surface area contributed by atoms with E-state index in [0.29, 0.717) is 32.6 Å². The molecule has 7 nitrogen and oxygen atoms in total. The van der Waals surface area contributed by atoms with Gasteiger partial charge in [-0.15, -0.1) is 11.3 Å². The minimum Gasteiger partial charge on any atom is -0.497 e. The van der Waals surface area contributed by atoms with Crippen molar-refractivity contribution in [1.29, 1.82) is 0 Å². The lowest BCUT2D eigenvalue weighted by molar-refractivity contribution is -0.113. The first-order chi connectivity index (χ1) is 15.5. The molecule has 0 saturated heterocycles. The normalized spacial score (nSPS) is 10.8. The van der Waals surface area contributed by atoms with Crippen molar-refractivity contribution in [3.05, 3.63) is 69.8 Å². The van der Waals surface area contributed by atoms with Crippen LogP contribution in [0, 0.1) is 6.92 Å². The van der Waals surface area contributed by atoms with Crippen LogP contribution in [0.5, 0.6) is 11.5 Å². The number of aromatic nitrogens is 2. The zero-order chi connectivity index (χ0) is 22.7. The number of aryl methyl sites for hydroxylation is 1. The summed E-state index contributed by atoms with van der Waals surface area (Å²) >= 11 is 2.57. The molecule has 0 aliphatic carbocycles. The van der Waals surface area contributed by atoms with Crippen LogP contribution in [0.3, 0.4) is 0 Å². The summed E-state index contributed by atoms with van der Waals surface area (Å²) in [7, 11) is 3.10. The van der Waals surface area contributed by atoms with Crippen LogP contribution >= 0.6 is 23.1 Å². The standard InChI is InChI=1S/C23H21N3O4S2/c1-14-5-4-6-16(9-14)26-22(28)21-19(7-8-31-21)25-23(26)32-13-20(27)24-15-10-17(29-2)12-18(11-15)30-3/h4-12H,13H2,1-3H3,(H,24,27). The van der Waals surface area contributed by atoms with Crippen LogP contribution in [0.25, 0.3) is 15.9 Å². The van der Waals surface area contributed by atoms with Gasteiger partial charge in [-0.25, -0.2) is 4.98 Å². The van der Waals surface area contributed by atoms with Gasteiger partial charge >= 0.3 is 0 Å². The monoisotopic (exact) mass is 467 g/mol. The summed E-state index contributed by atoms with van der Waals surface area (Å²) in [5.74, 6) is 0.990. The van der Waals surface area contributed by atoms with Gasteiger partial charge in [0.25, 0.3) is 5.56 Å². The molecule has 4 aromatic rings. The number of anilines is 1. The minimum absolute atomic E-state index is 0.0768. The van der Waals surface area contributed by atoms with Crippen LogP contribution in [0.2, 0.25) is 0 Å². The molecule has 9 heteroatoms. The highest BCUT2D eigenvalue weighted by atomic mass is 32.2. The van der Waals surface area contributed by atoms with Gasteiger partial charge in [0.05, 0.1) is 31.2 Å². The van der Waals surface area contributed by atoms with Crippen LogP contribution in [0.4, 0.5) is 5.69 Å². The van der Waals surface area contributed by atoms with E-state index < -0.39 is 0 Å². The first kappa shape index (κ1) is 21.9. The van der Waals surface area contributed by atoms with Crippen molar-refractivity contribution < 1.29 is 14.3 Å². The van der Waals surface area contributed by atoms with E-state index in [2.05, 4.69) is 10.3 Å². The Labute approximate surface area is 193 Å². The molecule has 0 unspecified atom stereocenters. The third-order valence-corrected chi connectivity index (χ3v) is 6.51. The molecule has 1 N–H and O–H groups in total. The first-order valence-electron chi connectivity index (χ1n) is 9.71. The number of methoxy groups -OCH3 is 2. The molecule has 0 radical (unpaired) electrons. The summed E-state index contributed by atoms with van der Waals surface area (Å²) in [4.78, 5) is 30.5. The van der Waals surface area contributed by atoms with Gasteiger partial charge in [-0.2, -0.15) is 0 Å². The predicted octanol–water partition coefficient (Wildman–Crippen LogP) is 4.50. The number of benzene rings is 2. The third-order valence-electron chi connectivity index (χ3n) is 4.68. The lowest BCUT2D eigenvalue weighted by Crippen LogP contribution is -2.22. The predicted molar refractivity (Wildman–Crippen MR) is 129 cm³/mol. The Hall–Kier alpha value is -3.30. The smallest absolute Gasteiger partial charge is 0.276 e. The van der Waals surface area contributed by atoms with E-state index >= 15 is 0 Å². The summed E-state index contributed by atoms with van der Waals surface area (Å²) in [6, 6.07) is 14.6. The van der Waals surface area contributed by atoms with Crippen LogP contribution < -0.4 is 20.3 Å². The van der Waals surface area contributed by atoms with Crippen molar-refractivity contribution in [2.24, 2.45) is 0 Å². The highest BCUT2D eigenvalue weighted by molar-refractivity contribution is 7.99. The molecule has 0 fully saturated rings. The topological polar surface area (TPSA) is 82.5 Å². The van der Waals surface area contributed by atoms with Crippen molar-refractivity contribution in [3.63, 3.8) is 0 Å². The number of thiophene rings is 1. The Morgan fingerprint density at radius 2 is 1.88 bits per heavy atom. The summed E-state index contributed by atoms with van der Waals surface area (Å²) < 4.78 is 12.6. The van der Waals surface area contributed by atoms with Crippen LogP contribution in [-0.2, 0) is 4.79 Å². The molecule has 2 heterocycles. The molecule has 32 heavy (non-hydrogen) atoms. The summed E-state index contributed by atoms with van der Waals surface area (Å²) in [6.07, 6.45) is 0. The fourth-order valence-electron chi connectivity index (χ4n) is 3.19. The van der Waals surface area contributed by atoms with Gasteiger partial charge in [0.1, 0.15) is 16.2 Å². The van der Waals surface area contributed by atoms with Crippen molar-refractivity contribution in [1.82, 2.24) is 9.55 Å². The summed E-state index contributed by atoms with van der Waals surface area (Å²) in [6.45, 7) is 1.97. The van der Waals surface area contributed by atoms with Gasteiger partial charge in [0.2, 0.25) is 5.91 Å². The number of nitrogens with zero attached hydrogens (tertiary/aromatic N) is 2. The Morgan fingerprint density at radius 3 is 2.56 bits per heavy atom. The second-order valence-corrected chi connectivity index (χ2v) is 8.81. The van der Waals surface area contributed by atoms with E-state index in [1.54, 1.807) is 37.0 Å². The van der Waals surface area contributed by atoms with Gasteiger partial charge in [0.15, 0.2) is 5.16 Å². The van der Waals surface area contributed by atoms with Crippen LogP contribution in [0.1, 0.15) is 5.56 Å². The van der Waals surface area contributed by atoms with Crippen LogP contribution in [0.15, 0.2) is 63.9 Å². The van der Waals surface area contributed by atoms with Gasteiger partial charge in [-0.3, -0.25) is 14.2 Å². The molecule has 2 aromatic heterocycles. The fourth-order valence-corrected chi connectivity index (χ4v) is 4.76. The summed E-state index contributed by atoms with van der Waals surface area (Å²) in [5.41, 5.74) is 2.80. The number of rotatable bonds is 7. The molecule has 0 aliphatic rings. The van der Waals surface area contributed by atoms with Gasteiger partial charge in [-0.05, 0) is 36.1 Å². The second-order valence-electron chi connectivity index (χ2n) is 6.95. The van der Waals surface area contributed by atoms with Gasteiger partial charge in [0, 0.05) is 23.9 Å². The maximum absolute atomic E-state index is 13.2. The average molecular weight is 468 g/mol. The van der Waals surface area contributed by atoms with Crippen molar-refractivity contribution in [2.45, 2.75) is 12.1 Å². The molecule has 0 atom stereocenters. The average Bonchev–Trinajstić information content (AvgIpc) is 3.26. The molecule has 0 aliphatic heterocycles. The second kappa shape index (κ2) is 9.46. The largest absolute Gasteiger partial charge is 0.497 e. The Balaban J connectivity index is 1.61. The quantitative estimate of drug-likeness (QED) is 0.318. The number of hydrogen-bond acceptors (Lipinski definition) is 7. The molecule has 0 saturated carbocycles. The number of nitrogens with one attached hydrogen (secondary N) is 1. The van der Waals surface area contributed by atoms with E-state index in [1.807, 2.05) is 42.6 Å². The molecule has 164 valence electrons. The number of amides is 1. The third kappa shape index (κ3) is 4.63. The van der Waals surface area contributed by atoms with Crippen molar-refractivity contribution in [3.8, 4) is 17.2 Å². The van der Waals surface area contributed by atoms with E-state index in [-0.39, 0.29) is 17.2 Å². The maximum atomic E-state index is 13.2. The Kier molecular flexibility index (Phi) is 6.48. The highest BCUT2D eigenvalue weighted by Crippen LogP contribution is 2.27. The van der Waals surface area contributed by atoms with Crippen LogP contribution in [-0.4, -0.2) is 35.4 Å². The molecule has 0 spiro atoms. The number of fused-ring (bicyclic) bond motifs is 1. The van der Waals surface area contributed by atoms with Crippen molar-refractivity contribution in [2.75, 3.05) is 25.3 Å². The molecular formula is C23H21N3O4S2. The number of ether oxygens (including phenoxy) is 2. The molecule has 1 amide bonds. The fraction of sp³-hybridized carbons (Fsp3) is 0.174. The van der Waals surface area contributed by atoms with Gasteiger partial charge in [-0.1, -0.05) is 23.9 Å². The van der Waals surface area contributed by atoms with Crippen molar-refractivity contribution >= 4 is 44.9 Å². The number of carbonyl (C=O) groups excluding carboxylic acids is 1. The molecule has 0 bridgehead atoms. The minimum atomic E-state index is -0.235. The molecular weight excluding hydrogens is 446 g/mol. The zero-order valence-electron chi connectivity index (χ0n) is 17.7. The van der Waals surface area contributed by atoms with E-state index in [1.165, 1.54) is 23.1 Å². The highest BCUT2D eigenvalue weighted by Gasteiger charge is 2.16. The first-order valence-corrected chi connectivity index (χ1v) is 11.6. The maximum Gasteiger partial charge on any atom is 0.276 e. The Bertz CT molecular complexity index is 1320. The van der Waals surface area contributed by atoms with E-state index in [9.17, 15) is 9.59 Å². The number of hydrogen-bond donors (Lipinski definition) is 1. The Morgan fingerprint density at radius 1 is 1.12 bits per heavy atom. The SMILES string of the molecule is COc1cc(NC(=O)CSc2nc3ccsc3c(=O)n2-c2cccc(C)c2)cc(OC)c1. The number of thioether (sulfide) groups is 1. The zero-order valence-corrected chi connectivity index (χ0v) is 19.4. The lowest BCUT2D eigenvalue weighted by atomic mass is 10.2. The molecule has 2 aromatic carbocycles. The van der Waals surface area contributed by atoms with E-state index in [0.717, 1.165) is 11.3 Å². The summed E-state index contributed by atoms with van der Waals surface area (Å²) in [5, 5.41) is 5.15. The van der Waals surface area contributed by atoms with E-state index in [4.69, 9.17) is 9.47 Å². The lowest BCUT2D eigenvalue weighted by Gasteiger charge is -2.13.